The summed E-state index contributed by atoms with van der Waals surface area (Å²) in [7, 11) is 0. The van der Waals surface area contributed by atoms with Crippen LogP contribution in [-0.2, 0) is 4.79 Å². The van der Waals surface area contributed by atoms with E-state index in [9.17, 15) is 23.1 Å². The molecule has 0 radical (unpaired) electrons. The summed E-state index contributed by atoms with van der Waals surface area (Å²) in [5.74, 6) is -0.882. The van der Waals surface area contributed by atoms with Gasteiger partial charge in [-0.2, -0.15) is 8.78 Å². The Balaban J connectivity index is 1.91. The van der Waals surface area contributed by atoms with Gasteiger partial charge in [0.15, 0.2) is 4.87 Å². The van der Waals surface area contributed by atoms with Gasteiger partial charge < -0.3 is 9.84 Å². The smallest absolute Gasteiger partial charge is 0.410 e. The molecule has 1 atom stereocenters. The Bertz CT molecular complexity index is 551. The monoisotopic (exact) mass is 349 g/mol. The summed E-state index contributed by atoms with van der Waals surface area (Å²) in [4.78, 5) is 9.84. The number of carboxylic acids is 1. The van der Waals surface area contributed by atoms with E-state index in [1.54, 1.807) is 0 Å². The Morgan fingerprint density at radius 1 is 1.39 bits per heavy atom. The van der Waals surface area contributed by atoms with Crippen LogP contribution in [0.15, 0.2) is 24.3 Å². The maximum absolute atomic E-state index is 13.8. The topological polar surface area (TPSA) is 58.6 Å². The first-order valence-corrected chi connectivity index (χ1v) is 8.13. The number of carbonyl (C=O) groups is 1. The first-order chi connectivity index (χ1) is 10.7. The van der Waals surface area contributed by atoms with Crippen molar-refractivity contribution in [2.24, 2.45) is 5.92 Å². The highest BCUT2D eigenvalue weighted by Gasteiger charge is 2.41. The molecule has 1 aromatic carbocycles. The number of rotatable bonds is 9. The van der Waals surface area contributed by atoms with Gasteiger partial charge in [0.25, 0.3) is 0 Å². The van der Waals surface area contributed by atoms with Gasteiger partial charge in [-0.25, -0.2) is 9.18 Å². The van der Waals surface area contributed by atoms with E-state index in [4.69, 9.17) is 0 Å². The molecule has 8 heteroatoms. The first kappa shape index (κ1) is 17.9. The second kappa shape index (κ2) is 7.00. The van der Waals surface area contributed by atoms with Crippen molar-refractivity contribution in [2.45, 2.75) is 30.7 Å². The second-order valence-corrected chi connectivity index (χ2v) is 7.08. The maximum atomic E-state index is 13.8. The standard InChI is InChI=1S/C15H18F3NO3S/c1-14(13(20)21,23-8-10-2-3-10)19-9-15(17,18)22-12-6-4-11(16)5-7-12/h4-7,10,19H,2-3,8-9H2,1H3,(H,20,21). The van der Waals surface area contributed by atoms with E-state index in [0.717, 1.165) is 48.9 Å². The minimum Gasteiger partial charge on any atom is -0.479 e. The van der Waals surface area contributed by atoms with Crippen molar-refractivity contribution in [3.63, 3.8) is 0 Å². The Morgan fingerprint density at radius 3 is 2.52 bits per heavy atom. The summed E-state index contributed by atoms with van der Waals surface area (Å²) in [6, 6.07) is 4.18. The fourth-order valence-corrected chi connectivity index (χ4v) is 2.94. The van der Waals surface area contributed by atoms with Crippen molar-refractivity contribution in [3.8, 4) is 5.75 Å². The zero-order valence-corrected chi connectivity index (χ0v) is 13.3. The molecule has 1 fully saturated rings. The van der Waals surface area contributed by atoms with Crippen LogP contribution in [0.1, 0.15) is 19.8 Å². The molecule has 23 heavy (non-hydrogen) atoms. The number of aliphatic carboxylic acids is 1. The second-order valence-electron chi connectivity index (χ2n) is 5.64. The molecule has 0 spiro atoms. The minimum atomic E-state index is -3.62. The third-order valence-electron chi connectivity index (χ3n) is 3.43. The SMILES string of the molecule is CC(NCC(F)(F)Oc1ccc(F)cc1)(SCC1CC1)C(=O)O. The van der Waals surface area contributed by atoms with Gasteiger partial charge in [0.1, 0.15) is 18.1 Å². The highest BCUT2D eigenvalue weighted by molar-refractivity contribution is 8.01. The van der Waals surface area contributed by atoms with E-state index in [2.05, 4.69) is 10.1 Å². The van der Waals surface area contributed by atoms with Crippen molar-refractivity contribution < 1.29 is 27.8 Å². The Hall–Kier alpha value is -1.41. The highest BCUT2D eigenvalue weighted by atomic mass is 32.2. The third kappa shape index (κ3) is 5.62. The molecule has 0 amide bonds. The molecular formula is C15H18F3NO3S. The number of alkyl halides is 2. The van der Waals surface area contributed by atoms with E-state index < -0.39 is 29.3 Å². The lowest BCUT2D eigenvalue weighted by Crippen LogP contribution is -2.52. The molecule has 1 saturated carbocycles. The van der Waals surface area contributed by atoms with E-state index in [-0.39, 0.29) is 5.75 Å². The number of carboxylic acid groups (broad SMARTS) is 1. The molecule has 4 nitrogen and oxygen atoms in total. The molecule has 1 aromatic rings. The largest absolute Gasteiger partial charge is 0.479 e. The molecular weight excluding hydrogens is 331 g/mol. The van der Waals surface area contributed by atoms with E-state index in [1.807, 2.05) is 0 Å². The lowest BCUT2D eigenvalue weighted by molar-refractivity contribution is -0.174. The summed E-state index contributed by atoms with van der Waals surface area (Å²) < 4.78 is 44.9. The van der Waals surface area contributed by atoms with Crippen LogP contribution in [0.4, 0.5) is 13.2 Å². The van der Waals surface area contributed by atoms with Gasteiger partial charge in [-0.05, 0) is 55.7 Å². The van der Waals surface area contributed by atoms with E-state index in [0.29, 0.717) is 11.7 Å². The van der Waals surface area contributed by atoms with Gasteiger partial charge in [-0.1, -0.05) is 0 Å². The molecule has 1 aliphatic carbocycles. The molecule has 0 aliphatic heterocycles. The van der Waals surface area contributed by atoms with Crippen LogP contribution in [0.2, 0.25) is 0 Å². The number of halogens is 3. The number of ether oxygens (including phenoxy) is 1. The summed E-state index contributed by atoms with van der Waals surface area (Å²) in [6.45, 7) is 0.390. The van der Waals surface area contributed by atoms with Gasteiger partial charge in [0, 0.05) is 0 Å². The maximum Gasteiger partial charge on any atom is 0.410 e. The minimum absolute atomic E-state index is 0.194. The van der Waals surface area contributed by atoms with Gasteiger partial charge in [-0.3, -0.25) is 5.32 Å². The summed E-state index contributed by atoms with van der Waals surface area (Å²) in [6.07, 6.45) is -1.52. The molecule has 0 aromatic heterocycles. The lowest BCUT2D eigenvalue weighted by Gasteiger charge is -2.28. The quantitative estimate of drug-likeness (QED) is 0.670. The van der Waals surface area contributed by atoms with Crippen LogP contribution in [0.5, 0.6) is 5.75 Å². The van der Waals surface area contributed by atoms with Crippen LogP contribution >= 0.6 is 11.8 Å². The number of benzene rings is 1. The normalized spacial score (nSPS) is 17.6. The molecule has 2 rings (SSSR count). The zero-order chi connectivity index (χ0) is 17.1. The zero-order valence-electron chi connectivity index (χ0n) is 12.5. The molecule has 2 N–H and O–H groups in total. The summed E-state index contributed by atoms with van der Waals surface area (Å²) in [5.41, 5.74) is 0. The van der Waals surface area contributed by atoms with Gasteiger partial charge in [0.05, 0.1) is 0 Å². The molecule has 0 saturated heterocycles. The predicted octanol–water partition coefficient (Wildman–Crippen LogP) is 3.33. The van der Waals surface area contributed by atoms with Crippen molar-refractivity contribution in [1.29, 1.82) is 0 Å². The Morgan fingerprint density at radius 2 is 2.00 bits per heavy atom. The van der Waals surface area contributed by atoms with Crippen molar-refractivity contribution in [3.05, 3.63) is 30.1 Å². The molecule has 1 unspecified atom stereocenters. The first-order valence-electron chi connectivity index (χ1n) is 7.15. The number of hydrogen-bond acceptors (Lipinski definition) is 4. The number of nitrogens with one attached hydrogen (secondary N) is 1. The van der Waals surface area contributed by atoms with Crippen molar-refractivity contribution in [2.75, 3.05) is 12.3 Å². The average Bonchev–Trinajstić information content (AvgIpc) is 3.29. The van der Waals surface area contributed by atoms with Crippen LogP contribution in [0, 0.1) is 11.7 Å². The van der Waals surface area contributed by atoms with Crippen LogP contribution in [-0.4, -0.2) is 34.4 Å². The molecule has 0 heterocycles. The van der Waals surface area contributed by atoms with Crippen LogP contribution < -0.4 is 10.1 Å². The summed E-state index contributed by atoms with van der Waals surface area (Å²) >= 11 is 1.10. The van der Waals surface area contributed by atoms with Gasteiger partial charge in [-0.15, -0.1) is 11.8 Å². The third-order valence-corrected chi connectivity index (χ3v) is 4.96. The Labute approximate surface area is 136 Å². The van der Waals surface area contributed by atoms with Crippen LogP contribution in [0.3, 0.4) is 0 Å². The average molecular weight is 349 g/mol. The molecule has 0 bridgehead atoms. The number of thioether (sulfide) groups is 1. The number of hydrogen-bond donors (Lipinski definition) is 2. The van der Waals surface area contributed by atoms with Crippen molar-refractivity contribution in [1.82, 2.24) is 5.32 Å². The molecule has 128 valence electrons. The van der Waals surface area contributed by atoms with Gasteiger partial charge >= 0.3 is 12.1 Å². The summed E-state index contributed by atoms with van der Waals surface area (Å²) in [5, 5.41) is 11.6. The fourth-order valence-electron chi connectivity index (χ4n) is 1.74. The highest BCUT2D eigenvalue weighted by Crippen LogP contribution is 2.36. The lowest BCUT2D eigenvalue weighted by atomic mass is 10.3. The van der Waals surface area contributed by atoms with E-state index in [1.165, 1.54) is 6.92 Å². The van der Waals surface area contributed by atoms with Crippen LogP contribution in [0.25, 0.3) is 0 Å². The van der Waals surface area contributed by atoms with Gasteiger partial charge in [0.2, 0.25) is 0 Å². The Kier molecular flexibility index (Phi) is 5.46. The van der Waals surface area contributed by atoms with Crippen molar-refractivity contribution >= 4 is 17.7 Å². The predicted molar refractivity (Wildman–Crippen MR) is 81.2 cm³/mol. The molecule has 1 aliphatic rings. The van der Waals surface area contributed by atoms with E-state index >= 15 is 0 Å². The fraction of sp³-hybridized carbons (Fsp3) is 0.533.